The van der Waals surface area contributed by atoms with Crippen LogP contribution in [-0.4, -0.2) is 26.9 Å². The highest BCUT2D eigenvalue weighted by atomic mass is 35.5. The monoisotopic (exact) mass is 493 g/mol. The predicted molar refractivity (Wildman–Crippen MR) is 120 cm³/mol. The zero-order chi connectivity index (χ0) is 23.9. The Kier molecular flexibility index (Phi) is 6.07. The topological polar surface area (TPSA) is 57.0 Å². The standard InChI is InChI=1S/C23H16Cl2F3N3O2/c1-12-6-17(13(2)31(12)16-5-3-4-14(7-16)23(26,27)28)20(32)10-33-22-18-8-15(24)9-19(25)21(18)29-11-30-22/h3-9,11H,10H2,1-2H3. The molecule has 0 saturated carbocycles. The number of Topliss-reactive ketones (excluding diaryl/α,β-unsaturated/α-hetero) is 1. The number of hydrogen-bond donors (Lipinski definition) is 0. The first-order chi connectivity index (χ1) is 15.6. The van der Waals surface area contributed by atoms with Crippen LogP contribution in [-0.2, 0) is 6.18 Å². The number of aromatic nitrogens is 3. The highest BCUT2D eigenvalue weighted by Crippen LogP contribution is 2.32. The van der Waals surface area contributed by atoms with Crippen LogP contribution in [0.15, 0.2) is 48.8 Å². The second-order valence-electron chi connectivity index (χ2n) is 7.34. The van der Waals surface area contributed by atoms with E-state index >= 15 is 0 Å². The maximum absolute atomic E-state index is 13.1. The summed E-state index contributed by atoms with van der Waals surface area (Å²) in [7, 11) is 0. The van der Waals surface area contributed by atoms with E-state index in [4.69, 9.17) is 27.9 Å². The van der Waals surface area contributed by atoms with Gasteiger partial charge in [0.2, 0.25) is 11.7 Å². The molecule has 5 nitrogen and oxygen atoms in total. The van der Waals surface area contributed by atoms with Crippen LogP contribution in [0.25, 0.3) is 16.6 Å². The number of benzene rings is 2. The molecule has 0 aliphatic heterocycles. The molecule has 0 unspecified atom stereocenters. The Morgan fingerprint density at radius 3 is 2.58 bits per heavy atom. The zero-order valence-electron chi connectivity index (χ0n) is 17.4. The van der Waals surface area contributed by atoms with Crippen LogP contribution < -0.4 is 4.74 Å². The van der Waals surface area contributed by atoms with Gasteiger partial charge in [0.15, 0.2) is 6.61 Å². The van der Waals surface area contributed by atoms with Gasteiger partial charge < -0.3 is 9.30 Å². The van der Waals surface area contributed by atoms with Crippen LogP contribution in [0, 0.1) is 13.8 Å². The van der Waals surface area contributed by atoms with E-state index < -0.39 is 11.7 Å². The molecule has 0 bridgehead atoms. The van der Waals surface area contributed by atoms with Gasteiger partial charge in [0.05, 0.1) is 21.5 Å². The Hall–Kier alpha value is -3.10. The molecule has 2 aromatic heterocycles. The highest BCUT2D eigenvalue weighted by molar-refractivity contribution is 6.38. The summed E-state index contributed by atoms with van der Waals surface area (Å²) in [6.07, 6.45) is -3.20. The number of carbonyl (C=O) groups excluding carboxylic acids is 1. The van der Waals surface area contributed by atoms with Crippen LogP contribution in [0.5, 0.6) is 5.88 Å². The summed E-state index contributed by atoms with van der Waals surface area (Å²) in [5.41, 5.74) is 1.42. The lowest BCUT2D eigenvalue weighted by molar-refractivity contribution is -0.137. The van der Waals surface area contributed by atoms with Crippen molar-refractivity contribution in [2.75, 3.05) is 6.61 Å². The van der Waals surface area contributed by atoms with Crippen LogP contribution in [0.3, 0.4) is 0 Å². The number of carbonyl (C=O) groups is 1. The summed E-state index contributed by atoms with van der Waals surface area (Å²) >= 11 is 12.2. The molecule has 0 radical (unpaired) electrons. The lowest BCUT2D eigenvalue weighted by Gasteiger charge is -2.13. The molecule has 4 rings (SSSR count). The third-order valence-corrected chi connectivity index (χ3v) is 5.63. The van der Waals surface area contributed by atoms with Crippen LogP contribution in [0.1, 0.15) is 27.3 Å². The first-order valence-corrected chi connectivity index (χ1v) is 10.4. The summed E-state index contributed by atoms with van der Waals surface area (Å²) in [6, 6.07) is 9.68. The molecule has 0 spiro atoms. The number of halogens is 5. The predicted octanol–water partition coefficient (Wildman–Crippen LogP) is 6.62. The second kappa shape index (κ2) is 8.68. The quantitative estimate of drug-likeness (QED) is 0.293. The number of ketones is 1. The molecular formula is C23H16Cl2F3N3O2. The van der Waals surface area contributed by atoms with Gasteiger partial charge >= 0.3 is 6.18 Å². The number of hydrogen-bond acceptors (Lipinski definition) is 4. The molecule has 33 heavy (non-hydrogen) atoms. The van der Waals surface area contributed by atoms with Crippen molar-refractivity contribution in [3.8, 4) is 11.6 Å². The van der Waals surface area contributed by atoms with Gasteiger partial charge in [-0.1, -0.05) is 29.3 Å². The number of fused-ring (bicyclic) bond motifs is 1. The summed E-state index contributed by atoms with van der Waals surface area (Å²) < 4.78 is 46.6. The molecule has 4 aromatic rings. The third kappa shape index (κ3) is 4.54. The Morgan fingerprint density at radius 1 is 1.09 bits per heavy atom. The number of rotatable bonds is 5. The van der Waals surface area contributed by atoms with E-state index in [2.05, 4.69) is 9.97 Å². The van der Waals surface area contributed by atoms with E-state index in [1.165, 1.54) is 18.5 Å². The van der Waals surface area contributed by atoms with Crippen molar-refractivity contribution >= 4 is 39.9 Å². The molecule has 170 valence electrons. The van der Waals surface area contributed by atoms with Crippen LogP contribution >= 0.6 is 23.2 Å². The Bertz CT molecular complexity index is 1380. The molecule has 0 aliphatic rings. The fourth-order valence-corrected chi connectivity index (χ4v) is 4.20. The normalized spacial score (nSPS) is 11.7. The average molecular weight is 494 g/mol. The SMILES string of the molecule is Cc1cc(C(=O)COc2ncnc3c(Cl)cc(Cl)cc23)c(C)n1-c1cccc(C(F)(F)F)c1. The average Bonchev–Trinajstić information content (AvgIpc) is 3.05. The fraction of sp³-hybridized carbons (Fsp3) is 0.174. The van der Waals surface area contributed by atoms with Gasteiger partial charge in [0.25, 0.3) is 0 Å². The van der Waals surface area contributed by atoms with Gasteiger partial charge in [0, 0.05) is 27.7 Å². The number of alkyl halides is 3. The van der Waals surface area contributed by atoms with Crippen molar-refractivity contribution in [1.29, 1.82) is 0 Å². The second-order valence-corrected chi connectivity index (χ2v) is 8.19. The van der Waals surface area contributed by atoms with Gasteiger partial charge in [-0.2, -0.15) is 13.2 Å². The minimum Gasteiger partial charge on any atom is -0.469 e. The van der Waals surface area contributed by atoms with Crippen molar-refractivity contribution in [1.82, 2.24) is 14.5 Å². The molecule has 0 fully saturated rings. The van der Waals surface area contributed by atoms with Crippen LogP contribution in [0.2, 0.25) is 10.0 Å². The smallest absolute Gasteiger partial charge is 0.416 e. The van der Waals surface area contributed by atoms with Crippen molar-refractivity contribution < 1.29 is 22.7 Å². The van der Waals surface area contributed by atoms with Gasteiger partial charge in [-0.15, -0.1) is 0 Å². The van der Waals surface area contributed by atoms with Crippen molar-refractivity contribution in [3.05, 3.63) is 81.4 Å². The molecule has 2 aromatic carbocycles. The minimum absolute atomic E-state index is 0.143. The van der Waals surface area contributed by atoms with E-state index in [0.29, 0.717) is 43.6 Å². The molecule has 2 heterocycles. The molecular weight excluding hydrogens is 478 g/mol. The summed E-state index contributed by atoms with van der Waals surface area (Å²) in [5, 5.41) is 1.14. The first kappa shape index (κ1) is 23.1. The Morgan fingerprint density at radius 2 is 1.85 bits per heavy atom. The van der Waals surface area contributed by atoms with E-state index in [0.717, 1.165) is 12.1 Å². The summed E-state index contributed by atoms with van der Waals surface area (Å²) in [5.74, 6) is -0.217. The summed E-state index contributed by atoms with van der Waals surface area (Å²) in [6.45, 7) is 3.04. The van der Waals surface area contributed by atoms with E-state index in [-0.39, 0.29) is 18.3 Å². The zero-order valence-corrected chi connectivity index (χ0v) is 18.9. The van der Waals surface area contributed by atoms with E-state index in [1.807, 2.05) is 0 Å². The van der Waals surface area contributed by atoms with Gasteiger partial charge in [-0.05, 0) is 50.2 Å². The van der Waals surface area contributed by atoms with Crippen LogP contribution in [0.4, 0.5) is 13.2 Å². The van der Waals surface area contributed by atoms with Crippen molar-refractivity contribution in [3.63, 3.8) is 0 Å². The largest absolute Gasteiger partial charge is 0.469 e. The lowest BCUT2D eigenvalue weighted by Crippen LogP contribution is -2.14. The van der Waals surface area contributed by atoms with Gasteiger partial charge in [-0.25, -0.2) is 9.97 Å². The maximum Gasteiger partial charge on any atom is 0.416 e. The molecule has 0 atom stereocenters. The summed E-state index contributed by atoms with van der Waals surface area (Å²) in [4.78, 5) is 21.1. The Labute approximate surface area is 196 Å². The first-order valence-electron chi connectivity index (χ1n) is 9.68. The number of ether oxygens (including phenoxy) is 1. The molecule has 0 aliphatic carbocycles. The molecule has 0 saturated heterocycles. The number of nitrogens with zero attached hydrogens (tertiary/aromatic N) is 3. The highest BCUT2D eigenvalue weighted by Gasteiger charge is 2.31. The maximum atomic E-state index is 13.1. The third-order valence-electron chi connectivity index (χ3n) is 5.12. The fourth-order valence-electron chi connectivity index (χ4n) is 3.66. The van der Waals surface area contributed by atoms with Gasteiger partial charge in [0.1, 0.15) is 6.33 Å². The number of aryl methyl sites for hydroxylation is 1. The molecule has 0 amide bonds. The molecule has 10 heteroatoms. The lowest BCUT2D eigenvalue weighted by atomic mass is 10.1. The van der Waals surface area contributed by atoms with E-state index in [9.17, 15) is 18.0 Å². The molecule has 0 N–H and O–H groups in total. The Balaban J connectivity index is 1.62. The van der Waals surface area contributed by atoms with Crippen molar-refractivity contribution in [2.24, 2.45) is 0 Å². The van der Waals surface area contributed by atoms with Crippen molar-refractivity contribution in [2.45, 2.75) is 20.0 Å². The minimum atomic E-state index is -4.47. The van der Waals surface area contributed by atoms with E-state index in [1.54, 1.807) is 36.6 Å². The van der Waals surface area contributed by atoms with Gasteiger partial charge in [-0.3, -0.25) is 4.79 Å².